The fourth-order valence-corrected chi connectivity index (χ4v) is 3.16. The molecule has 0 aliphatic heterocycles. The summed E-state index contributed by atoms with van der Waals surface area (Å²) in [5.74, 6) is -0.768. The van der Waals surface area contributed by atoms with Crippen molar-refractivity contribution in [2.75, 3.05) is 11.1 Å². The Hall–Kier alpha value is -2.89. The summed E-state index contributed by atoms with van der Waals surface area (Å²) in [6.07, 6.45) is -4.58. The molecule has 0 saturated carbocycles. The minimum absolute atomic E-state index is 0.105. The minimum Gasteiger partial charge on any atom is -0.325 e. The molecule has 3 aromatic rings. The van der Waals surface area contributed by atoms with Gasteiger partial charge in [-0.05, 0) is 12.1 Å². The monoisotopic (exact) mass is 426 g/mol. The Labute approximate surface area is 166 Å². The van der Waals surface area contributed by atoms with E-state index in [1.807, 2.05) is 20.8 Å². The van der Waals surface area contributed by atoms with Gasteiger partial charge in [-0.15, -0.1) is 10.2 Å². The van der Waals surface area contributed by atoms with Gasteiger partial charge in [0.25, 0.3) is 11.3 Å². The molecule has 0 aliphatic carbocycles. The summed E-state index contributed by atoms with van der Waals surface area (Å²) in [5.41, 5.74) is -1.92. The van der Waals surface area contributed by atoms with Crippen molar-refractivity contribution in [1.29, 1.82) is 0 Å². The van der Waals surface area contributed by atoms with Gasteiger partial charge in [0.05, 0.1) is 17.0 Å². The lowest BCUT2D eigenvalue weighted by molar-refractivity contribution is -0.137. The minimum atomic E-state index is -4.58. The maximum atomic E-state index is 13.0. The van der Waals surface area contributed by atoms with Crippen molar-refractivity contribution in [1.82, 2.24) is 24.8 Å². The van der Waals surface area contributed by atoms with E-state index in [0.717, 1.165) is 17.8 Å². The summed E-state index contributed by atoms with van der Waals surface area (Å²) in [7, 11) is 0. The highest BCUT2D eigenvalue weighted by Crippen LogP contribution is 2.34. The number of rotatable bonds is 4. The highest BCUT2D eigenvalue weighted by molar-refractivity contribution is 7.99. The zero-order valence-electron chi connectivity index (χ0n) is 15.7. The number of amides is 1. The summed E-state index contributed by atoms with van der Waals surface area (Å²) in [5, 5.41) is 14.4. The second-order valence-electron chi connectivity index (χ2n) is 7.15. The largest absolute Gasteiger partial charge is 0.418 e. The molecule has 0 unspecified atom stereocenters. The van der Waals surface area contributed by atoms with Gasteiger partial charge in [0.1, 0.15) is 5.69 Å². The van der Waals surface area contributed by atoms with Crippen LogP contribution in [0.4, 0.5) is 18.9 Å². The van der Waals surface area contributed by atoms with Crippen LogP contribution in [-0.4, -0.2) is 36.5 Å². The van der Waals surface area contributed by atoms with Crippen LogP contribution in [0.25, 0.3) is 5.78 Å². The molecule has 0 aliphatic rings. The number of hydrogen-bond donors (Lipinski definition) is 2. The number of carbonyl (C=O) groups is 1. The fraction of sp³-hybridized carbons (Fsp3) is 0.353. The number of H-pyrrole nitrogens is 1. The van der Waals surface area contributed by atoms with E-state index in [0.29, 0.717) is 0 Å². The van der Waals surface area contributed by atoms with Crippen LogP contribution < -0.4 is 10.9 Å². The first kappa shape index (κ1) is 20.8. The number of aromatic nitrogens is 5. The van der Waals surface area contributed by atoms with Crippen LogP contribution in [0.2, 0.25) is 0 Å². The van der Waals surface area contributed by atoms with E-state index in [1.54, 1.807) is 0 Å². The average molecular weight is 426 g/mol. The topological polar surface area (TPSA) is 105 Å². The van der Waals surface area contributed by atoms with Crippen molar-refractivity contribution in [2.45, 2.75) is 37.5 Å². The maximum absolute atomic E-state index is 13.0. The summed E-state index contributed by atoms with van der Waals surface area (Å²) in [6, 6.07) is 4.72. The second-order valence-corrected chi connectivity index (χ2v) is 8.09. The first-order valence-corrected chi connectivity index (χ1v) is 9.40. The number of carbonyl (C=O) groups excluding carboxylic acids is 1. The van der Waals surface area contributed by atoms with Gasteiger partial charge in [-0.2, -0.15) is 22.8 Å². The molecule has 8 nitrogen and oxygen atoms in total. The van der Waals surface area contributed by atoms with Crippen LogP contribution >= 0.6 is 11.8 Å². The molecule has 12 heteroatoms. The Morgan fingerprint density at radius 3 is 2.55 bits per heavy atom. The van der Waals surface area contributed by atoms with E-state index in [9.17, 15) is 22.8 Å². The molecule has 154 valence electrons. The number of benzene rings is 1. The van der Waals surface area contributed by atoms with Crippen LogP contribution in [0.1, 0.15) is 32.0 Å². The molecule has 2 aromatic heterocycles. The average Bonchev–Trinajstić information content (AvgIpc) is 2.99. The zero-order chi connectivity index (χ0) is 21.4. The molecule has 0 atom stereocenters. The molecule has 29 heavy (non-hydrogen) atoms. The zero-order valence-corrected chi connectivity index (χ0v) is 16.5. The maximum Gasteiger partial charge on any atom is 0.418 e. The molecule has 2 N–H and O–H groups in total. The first-order valence-electron chi connectivity index (χ1n) is 8.42. The van der Waals surface area contributed by atoms with Gasteiger partial charge in [0.15, 0.2) is 0 Å². The number of nitrogens with one attached hydrogen (secondary N) is 2. The molecule has 0 fully saturated rings. The second kappa shape index (κ2) is 7.50. The van der Waals surface area contributed by atoms with E-state index >= 15 is 0 Å². The lowest BCUT2D eigenvalue weighted by atomic mass is 9.93. The molecule has 0 spiro atoms. The molecule has 3 rings (SSSR count). The number of halogens is 3. The number of alkyl halides is 3. The van der Waals surface area contributed by atoms with Gasteiger partial charge >= 0.3 is 6.18 Å². The number of fused-ring (bicyclic) bond motifs is 1. The molecule has 1 aromatic carbocycles. The number of nitrogens with zero attached hydrogens (tertiary/aromatic N) is 4. The van der Waals surface area contributed by atoms with E-state index in [1.165, 1.54) is 22.7 Å². The Kier molecular flexibility index (Phi) is 5.39. The Morgan fingerprint density at radius 2 is 1.90 bits per heavy atom. The third kappa shape index (κ3) is 4.58. The first-order chi connectivity index (χ1) is 13.5. The van der Waals surface area contributed by atoms with Crippen molar-refractivity contribution in [3.63, 3.8) is 0 Å². The van der Waals surface area contributed by atoms with E-state index in [2.05, 4.69) is 25.6 Å². The van der Waals surface area contributed by atoms with Crippen molar-refractivity contribution in [3.8, 4) is 0 Å². The molecule has 0 radical (unpaired) electrons. The molecule has 1 amide bonds. The molecule has 0 bridgehead atoms. The number of aromatic amines is 1. The lowest BCUT2D eigenvalue weighted by Crippen LogP contribution is -2.28. The summed E-state index contributed by atoms with van der Waals surface area (Å²) in [4.78, 5) is 26.8. The molecular weight excluding hydrogens is 409 g/mol. The van der Waals surface area contributed by atoms with E-state index in [4.69, 9.17) is 0 Å². The predicted molar refractivity (Wildman–Crippen MR) is 101 cm³/mol. The normalized spacial score (nSPS) is 12.3. The smallest absolute Gasteiger partial charge is 0.325 e. The van der Waals surface area contributed by atoms with Gasteiger partial charge in [-0.1, -0.05) is 44.7 Å². The highest BCUT2D eigenvalue weighted by atomic mass is 32.2. The van der Waals surface area contributed by atoms with Crippen molar-refractivity contribution >= 4 is 29.1 Å². The van der Waals surface area contributed by atoms with Gasteiger partial charge in [0.2, 0.25) is 11.1 Å². The number of thioether (sulfide) groups is 1. The van der Waals surface area contributed by atoms with Crippen LogP contribution in [0, 0.1) is 0 Å². The van der Waals surface area contributed by atoms with Crippen molar-refractivity contribution in [3.05, 3.63) is 45.9 Å². The molecular formula is C17H17F3N6O2S. The molecule has 0 saturated heterocycles. The van der Waals surface area contributed by atoms with Crippen LogP contribution in [-0.2, 0) is 16.4 Å². The fourth-order valence-electron chi connectivity index (χ4n) is 2.48. The predicted octanol–water partition coefficient (Wildman–Crippen LogP) is 2.86. The number of hydrogen-bond acceptors (Lipinski definition) is 6. The van der Waals surface area contributed by atoms with Gasteiger partial charge in [-0.25, -0.2) is 0 Å². The summed E-state index contributed by atoms with van der Waals surface area (Å²) >= 11 is 0.934. The number of para-hydroxylation sites is 1. The van der Waals surface area contributed by atoms with Crippen LogP contribution in [0.5, 0.6) is 0 Å². The SMILES string of the molecule is CC(C)(C)c1nn2c(SCC(=O)Nc3ccccc3C(F)(F)F)nnc2[nH]c1=O. The summed E-state index contributed by atoms with van der Waals surface area (Å²) in [6.45, 7) is 5.46. The number of anilines is 1. The van der Waals surface area contributed by atoms with Crippen LogP contribution in [0.15, 0.2) is 34.2 Å². The Morgan fingerprint density at radius 1 is 1.21 bits per heavy atom. The molecule has 2 heterocycles. The van der Waals surface area contributed by atoms with E-state index in [-0.39, 0.29) is 28.1 Å². The standard InChI is InChI=1S/C17H17F3N6O2S/c1-16(2,3)12-13(28)22-14-23-24-15(26(14)25-12)29-8-11(27)21-10-7-5-4-6-9(10)17(18,19)20/h4-7H,8H2,1-3H3,(H,21,27)(H,22,23,28). The van der Waals surface area contributed by atoms with E-state index < -0.39 is 28.6 Å². The summed E-state index contributed by atoms with van der Waals surface area (Å²) < 4.78 is 40.4. The quantitative estimate of drug-likeness (QED) is 0.622. The third-order valence-electron chi connectivity index (χ3n) is 3.80. The third-order valence-corrected chi connectivity index (χ3v) is 4.72. The Bertz CT molecular complexity index is 1120. The van der Waals surface area contributed by atoms with Gasteiger partial charge in [-0.3, -0.25) is 14.6 Å². The van der Waals surface area contributed by atoms with Crippen molar-refractivity contribution in [2.24, 2.45) is 0 Å². The Balaban J connectivity index is 1.78. The lowest BCUT2D eigenvalue weighted by Gasteiger charge is -2.15. The van der Waals surface area contributed by atoms with Gasteiger partial charge in [0, 0.05) is 5.41 Å². The van der Waals surface area contributed by atoms with Crippen molar-refractivity contribution < 1.29 is 18.0 Å². The van der Waals surface area contributed by atoms with Gasteiger partial charge < -0.3 is 5.32 Å². The highest BCUT2D eigenvalue weighted by Gasteiger charge is 2.33. The van der Waals surface area contributed by atoms with Crippen LogP contribution in [0.3, 0.4) is 0 Å².